The van der Waals surface area contributed by atoms with Gasteiger partial charge in [0.05, 0.1) is 0 Å². The highest BCUT2D eigenvalue weighted by molar-refractivity contribution is 9.10. The normalized spacial score (nSPS) is 13.4. The van der Waals surface area contributed by atoms with Gasteiger partial charge in [-0.1, -0.05) is 22.9 Å². The molecule has 0 amide bonds. The number of hydrogen-bond acceptors (Lipinski definition) is 7. The van der Waals surface area contributed by atoms with E-state index in [9.17, 15) is 9.90 Å². The van der Waals surface area contributed by atoms with E-state index >= 15 is 0 Å². The Labute approximate surface area is 143 Å². The van der Waals surface area contributed by atoms with E-state index in [0.717, 1.165) is 11.8 Å². The maximum atomic E-state index is 11.5. The summed E-state index contributed by atoms with van der Waals surface area (Å²) in [4.78, 5) is 11.5. The number of aryl methyl sites for hydroxylation is 1. The summed E-state index contributed by atoms with van der Waals surface area (Å²) in [6.07, 6.45) is 2.10. The van der Waals surface area contributed by atoms with Crippen LogP contribution in [0.1, 0.15) is 18.4 Å². The lowest BCUT2D eigenvalue weighted by atomic mass is 10.2. The Hall–Kier alpha value is -2.00. The Morgan fingerprint density at radius 1 is 1.39 bits per heavy atom. The molecule has 1 aromatic heterocycles. The van der Waals surface area contributed by atoms with Crippen LogP contribution >= 0.6 is 27.7 Å². The second-order valence-electron chi connectivity index (χ2n) is 4.46. The predicted molar refractivity (Wildman–Crippen MR) is 85.4 cm³/mol. The molecule has 23 heavy (non-hydrogen) atoms. The van der Waals surface area contributed by atoms with Crippen molar-refractivity contribution >= 4 is 39.7 Å². The number of ether oxygens (including phenoxy) is 2. The number of hydrogen-bond donors (Lipinski definition) is 1. The molecule has 0 unspecified atom stereocenters. The number of fused-ring (bicyclic) bond motifs is 1. The molecule has 0 atom stereocenters. The van der Waals surface area contributed by atoms with Gasteiger partial charge in [0, 0.05) is 10.9 Å². The van der Waals surface area contributed by atoms with E-state index in [0.29, 0.717) is 33.8 Å². The highest BCUT2D eigenvalue weighted by atomic mass is 79.9. The summed E-state index contributed by atoms with van der Waals surface area (Å²) in [5.74, 6) is 0.556. The van der Waals surface area contributed by atoms with E-state index in [1.54, 1.807) is 12.1 Å². The van der Waals surface area contributed by atoms with Crippen molar-refractivity contribution < 1.29 is 23.8 Å². The molecule has 0 bridgehead atoms. The summed E-state index contributed by atoms with van der Waals surface area (Å²) in [6.45, 7) is 2.02. The van der Waals surface area contributed by atoms with Crippen molar-refractivity contribution in [3.05, 3.63) is 33.0 Å². The first-order valence-corrected chi connectivity index (χ1v) is 8.22. The number of rotatable bonds is 5. The average molecular weight is 399 g/mol. The zero-order chi connectivity index (χ0) is 16.4. The number of nitrogens with zero attached hydrogens (tertiary/aromatic N) is 2. The van der Waals surface area contributed by atoms with Crippen molar-refractivity contribution in [3.8, 4) is 11.5 Å². The molecule has 1 aliphatic heterocycles. The molecule has 0 saturated heterocycles. The van der Waals surface area contributed by atoms with Gasteiger partial charge in [-0.25, -0.2) is 4.79 Å². The fraction of sp³-hybridized carbons (Fsp3) is 0.214. The molecule has 0 spiro atoms. The van der Waals surface area contributed by atoms with Crippen molar-refractivity contribution in [2.75, 3.05) is 6.79 Å². The molecule has 120 valence electrons. The fourth-order valence-electron chi connectivity index (χ4n) is 1.84. The molecule has 2 heterocycles. The van der Waals surface area contributed by atoms with Crippen LogP contribution in [0.3, 0.4) is 0 Å². The molecule has 3 rings (SSSR count). The van der Waals surface area contributed by atoms with Crippen LogP contribution in [-0.2, 0) is 11.2 Å². The van der Waals surface area contributed by atoms with Crippen LogP contribution in [0.25, 0.3) is 6.08 Å². The van der Waals surface area contributed by atoms with Crippen molar-refractivity contribution in [2.24, 2.45) is 0 Å². The Balaban J connectivity index is 1.91. The average Bonchev–Trinajstić information content (AvgIpc) is 3.15. The van der Waals surface area contributed by atoms with E-state index in [1.165, 1.54) is 6.08 Å². The van der Waals surface area contributed by atoms with Crippen LogP contribution in [-0.4, -0.2) is 28.1 Å². The maximum absolute atomic E-state index is 11.5. The van der Waals surface area contributed by atoms with Gasteiger partial charge in [-0.05, 0) is 35.5 Å². The van der Waals surface area contributed by atoms with E-state index in [1.807, 2.05) is 6.92 Å². The minimum atomic E-state index is -1.09. The number of carboxylic acid groups (broad SMARTS) is 1. The first-order valence-electron chi connectivity index (χ1n) is 6.61. The molecule has 1 aromatic carbocycles. The SMILES string of the molecule is CCc1nnc(S/C(=C\c2cc3c(cc2Br)OCO3)C(=O)O)o1. The fourth-order valence-corrected chi connectivity index (χ4v) is 2.95. The Bertz CT molecular complexity index is 789. The van der Waals surface area contributed by atoms with Crippen LogP contribution in [0.15, 0.2) is 31.2 Å². The molecule has 7 nitrogen and oxygen atoms in total. The first-order chi connectivity index (χ1) is 11.1. The predicted octanol–water partition coefficient (Wildman–Crippen LogP) is 3.34. The first kappa shape index (κ1) is 15.9. The van der Waals surface area contributed by atoms with Gasteiger partial charge < -0.3 is 19.0 Å². The zero-order valence-electron chi connectivity index (χ0n) is 11.9. The number of carboxylic acids is 1. The summed E-state index contributed by atoms with van der Waals surface area (Å²) in [5, 5.41) is 17.2. The van der Waals surface area contributed by atoms with Gasteiger partial charge in [0.2, 0.25) is 12.7 Å². The lowest BCUT2D eigenvalue weighted by Gasteiger charge is -2.04. The number of halogens is 1. The summed E-state index contributed by atoms with van der Waals surface area (Å²) in [5.41, 5.74) is 0.648. The summed E-state index contributed by atoms with van der Waals surface area (Å²) in [7, 11) is 0. The third kappa shape index (κ3) is 3.50. The third-order valence-electron chi connectivity index (χ3n) is 2.94. The zero-order valence-corrected chi connectivity index (χ0v) is 14.3. The van der Waals surface area contributed by atoms with Crippen molar-refractivity contribution in [2.45, 2.75) is 18.6 Å². The van der Waals surface area contributed by atoms with Crippen LogP contribution < -0.4 is 9.47 Å². The maximum Gasteiger partial charge on any atom is 0.342 e. The number of aliphatic carboxylic acids is 1. The van der Waals surface area contributed by atoms with Crippen LogP contribution in [0, 0.1) is 0 Å². The van der Waals surface area contributed by atoms with E-state index < -0.39 is 5.97 Å². The lowest BCUT2D eigenvalue weighted by molar-refractivity contribution is -0.131. The molecule has 0 fully saturated rings. The van der Waals surface area contributed by atoms with Crippen LogP contribution in [0.4, 0.5) is 0 Å². The molecular formula is C14H11BrN2O5S. The largest absolute Gasteiger partial charge is 0.477 e. The molecule has 0 radical (unpaired) electrons. The Morgan fingerprint density at radius 2 is 2.13 bits per heavy atom. The molecular weight excluding hydrogens is 388 g/mol. The molecule has 1 aliphatic rings. The van der Waals surface area contributed by atoms with Gasteiger partial charge >= 0.3 is 5.97 Å². The van der Waals surface area contributed by atoms with Crippen LogP contribution in [0.5, 0.6) is 11.5 Å². The second kappa shape index (κ2) is 6.63. The number of aromatic nitrogens is 2. The summed E-state index contributed by atoms with van der Waals surface area (Å²) >= 11 is 4.29. The van der Waals surface area contributed by atoms with E-state index in [2.05, 4.69) is 26.1 Å². The van der Waals surface area contributed by atoms with Gasteiger partial charge in [0.1, 0.15) is 4.91 Å². The minimum absolute atomic E-state index is 0.0517. The van der Waals surface area contributed by atoms with E-state index in [-0.39, 0.29) is 16.9 Å². The third-order valence-corrected chi connectivity index (χ3v) is 4.48. The standard InChI is InChI=1S/C14H11BrN2O5S/c1-2-12-16-17-14(22-12)23-11(13(18)19)4-7-3-9-10(5-8(7)15)21-6-20-9/h3-5H,2,6H2,1H3,(H,18,19)/b11-4-. The van der Waals surface area contributed by atoms with Crippen LogP contribution in [0.2, 0.25) is 0 Å². The Morgan fingerprint density at radius 3 is 2.78 bits per heavy atom. The minimum Gasteiger partial charge on any atom is -0.477 e. The molecule has 1 N–H and O–H groups in total. The van der Waals surface area contributed by atoms with Gasteiger partial charge in [-0.3, -0.25) is 0 Å². The van der Waals surface area contributed by atoms with Gasteiger partial charge in [-0.2, -0.15) is 0 Å². The highest BCUT2D eigenvalue weighted by Crippen LogP contribution is 2.38. The van der Waals surface area contributed by atoms with Gasteiger partial charge in [-0.15, -0.1) is 10.2 Å². The number of benzene rings is 1. The molecule has 9 heteroatoms. The van der Waals surface area contributed by atoms with Gasteiger partial charge in [0.25, 0.3) is 5.22 Å². The number of thioether (sulfide) groups is 1. The highest BCUT2D eigenvalue weighted by Gasteiger charge is 2.19. The molecule has 0 aliphatic carbocycles. The number of carbonyl (C=O) groups is 1. The monoisotopic (exact) mass is 398 g/mol. The van der Waals surface area contributed by atoms with Crippen molar-refractivity contribution in [1.29, 1.82) is 0 Å². The molecule has 2 aromatic rings. The van der Waals surface area contributed by atoms with E-state index in [4.69, 9.17) is 13.9 Å². The summed E-state index contributed by atoms with van der Waals surface area (Å²) in [6, 6.07) is 3.45. The lowest BCUT2D eigenvalue weighted by Crippen LogP contribution is -1.97. The van der Waals surface area contributed by atoms with Gasteiger partial charge in [0.15, 0.2) is 11.5 Å². The van der Waals surface area contributed by atoms with Crippen molar-refractivity contribution in [3.63, 3.8) is 0 Å². The topological polar surface area (TPSA) is 94.7 Å². The quantitative estimate of drug-likeness (QED) is 0.604. The molecule has 0 saturated carbocycles. The smallest absolute Gasteiger partial charge is 0.342 e. The summed E-state index contributed by atoms with van der Waals surface area (Å²) < 4.78 is 16.6. The Kier molecular flexibility index (Phi) is 4.58. The van der Waals surface area contributed by atoms with Crippen molar-refractivity contribution in [1.82, 2.24) is 10.2 Å². The second-order valence-corrected chi connectivity index (χ2v) is 6.31.